The van der Waals surface area contributed by atoms with Crippen LogP contribution in [0.5, 0.6) is 0 Å². The van der Waals surface area contributed by atoms with E-state index in [9.17, 15) is 9.59 Å². The largest absolute Gasteiger partial charge is 0.468 e. The lowest BCUT2D eigenvalue weighted by Gasteiger charge is -2.18. The molecular formula is C14H22N2O3S. The highest BCUT2D eigenvalue weighted by atomic mass is 32.2. The molecule has 0 N–H and O–H groups in total. The smallest absolute Gasteiger partial charge is 0.319 e. The van der Waals surface area contributed by atoms with Crippen LogP contribution in [0.3, 0.4) is 0 Å². The van der Waals surface area contributed by atoms with Gasteiger partial charge >= 0.3 is 5.97 Å². The molecular weight excluding hydrogens is 276 g/mol. The molecule has 0 aromatic carbocycles. The molecule has 20 heavy (non-hydrogen) atoms. The van der Waals surface area contributed by atoms with Gasteiger partial charge in [0.2, 0.25) is 0 Å². The van der Waals surface area contributed by atoms with Crippen LogP contribution in [-0.4, -0.2) is 27.9 Å². The Bertz CT molecular complexity index is 499. The second-order valence-electron chi connectivity index (χ2n) is 4.82. The third kappa shape index (κ3) is 4.67. The van der Waals surface area contributed by atoms with E-state index >= 15 is 0 Å². The van der Waals surface area contributed by atoms with Crippen molar-refractivity contribution in [1.29, 1.82) is 0 Å². The third-order valence-electron chi connectivity index (χ3n) is 2.89. The van der Waals surface area contributed by atoms with Crippen molar-refractivity contribution in [2.24, 2.45) is 0 Å². The van der Waals surface area contributed by atoms with Gasteiger partial charge in [0.15, 0.2) is 5.16 Å². The Morgan fingerprint density at radius 3 is 2.75 bits per heavy atom. The second kappa shape index (κ2) is 8.09. The van der Waals surface area contributed by atoms with Crippen LogP contribution in [-0.2, 0) is 9.53 Å². The molecule has 0 fully saturated rings. The monoisotopic (exact) mass is 298 g/mol. The second-order valence-corrected chi connectivity index (χ2v) is 5.99. The lowest BCUT2D eigenvalue weighted by molar-refractivity contribution is -0.140. The topological polar surface area (TPSA) is 61.2 Å². The van der Waals surface area contributed by atoms with Gasteiger partial charge in [-0.25, -0.2) is 0 Å². The number of carbonyl (C=O) groups excluding carboxylic acids is 1. The zero-order valence-corrected chi connectivity index (χ0v) is 13.3. The van der Waals surface area contributed by atoms with Gasteiger partial charge in [0.1, 0.15) is 5.25 Å². The van der Waals surface area contributed by atoms with Gasteiger partial charge in [0.05, 0.1) is 7.11 Å². The fourth-order valence-corrected chi connectivity index (χ4v) is 3.02. The number of esters is 1. The van der Waals surface area contributed by atoms with Crippen molar-refractivity contribution in [3.63, 3.8) is 0 Å². The minimum absolute atomic E-state index is 0.176. The number of aromatic nitrogens is 2. The van der Waals surface area contributed by atoms with Crippen LogP contribution in [0.2, 0.25) is 0 Å². The Labute approximate surface area is 123 Å². The third-order valence-corrected chi connectivity index (χ3v) is 4.12. The Morgan fingerprint density at radius 1 is 1.50 bits per heavy atom. The first-order valence-electron chi connectivity index (χ1n) is 6.83. The molecule has 1 aromatic rings. The quantitative estimate of drug-likeness (QED) is 0.440. The van der Waals surface area contributed by atoms with Gasteiger partial charge in [0, 0.05) is 18.3 Å². The molecule has 0 aliphatic carbocycles. The Balaban J connectivity index is 3.00. The van der Waals surface area contributed by atoms with Gasteiger partial charge in [-0.1, -0.05) is 31.5 Å². The maximum absolute atomic E-state index is 11.8. The summed E-state index contributed by atoms with van der Waals surface area (Å²) in [7, 11) is 1.38. The Kier molecular flexibility index (Phi) is 6.78. The van der Waals surface area contributed by atoms with Crippen LogP contribution in [0.1, 0.15) is 46.1 Å². The number of ether oxygens (including phenoxy) is 1. The van der Waals surface area contributed by atoms with Gasteiger partial charge in [-0.3, -0.25) is 9.59 Å². The van der Waals surface area contributed by atoms with Gasteiger partial charge < -0.3 is 9.30 Å². The van der Waals surface area contributed by atoms with E-state index in [4.69, 9.17) is 4.74 Å². The minimum Gasteiger partial charge on any atom is -0.468 e. The normalized spacial score (nSPS) is 12.4. The number of thioether (sulfide) groups is 1. The summed E-state index contributed by atoms with van der Waals surface area (Å²) in [4.78, 5) is 27.3. The van der Waals surface area contributed by atoms with Gasteiger partial charge in [-0.05, 0) is 20.3 Å². The van der Waals surface area contributed by atoms with Crippen LogP contribution in [0, 0.1) is 0 Å². The molecule has 1 unspecified atom stereocenters. The number of hydrogen-bond donors (Lipinski definition) is 0. The van der Waals surface area contributed by atoms with E-state index in [0.717, 1.165) is 19.3 Å². The average Bonchev–Trinajstić information content (AvgIpc) is 2.42. The number of rotatable bonds is 7. The highest BCUT2D eigenvalue weighted by Crippen LogP contribution is 2.27. The van der Waals surface area contributed by atoms with Crippen molar-refractivity contribution in [3.8, 4) is 0 Å². The van der Waals surface area contributed by atoms with E-state index in [1.54, 1.807) is 6.20 Å². The highest BCUT2D eigenvalue weighted by molar-refractivity contribution is 8.00. The summed E-state index contributed by atoms with van der Waals surface area (Å²) in [5.74, 6) is -0.267. The summed E-state index contributed by atoms with van der Waals surface area (Å²) in [5, 5.41) is 0.248. The lowest BCUT2D eigenvalue weighted by Crippen LogP contribution is -2.22. The average molecular weight is 298 g/mol. The molecule has 0 radical (unpaired) electrons. The molecule has 1 aromatic heterocycles. The van der Waals surface area contributed by atoms with Crippen LogP contribution >= 0.6 is 11.8 Å². The molecule has 0 bridgehead atoms. The summed E-state index contributed by atoms with van der Waals surface area (Å²) in [6, 6.07) is 1.61. The Morgan fingerprint density at radius 2 is 2.20 bits per heavy atom. The molecule has 0 saturated carbocycles. The predicted octanol–water partition coefficient (Wildman–Crippen LogP) is 2.65. The molecule has 1 rings (SSSR count). The number of nitrogens with zero attached hydrogens (tertiary/aromatic N) is 2. The molecule has 0 aliphatic heterocycles. The maximum Gasteiger partial charge on any atom is 0.319 e. The van der Waals surface area contributed by atoms with Crippen LogP contribution in [0.25, 0.3) is 0 Å². The highest BCUT2D eigenvalue weighted by Gasteiger charge is 2.22. The molecule has 5 nitrogen and oxygen atoms in total. The van der Waals surface area contributed by atoms with E-state index < -0.39 is 0 Å². The van der Waals surface area contributed by atoms with Crippen LogP contribution in [0.4, 0.5) is 0 Å². The van der Waals surface area contributed by atoms with E-state index in [-0.39, 0.29) is 22.8 Å². The van der Waals surface area contributed by atoms with Crippen molar-refractivity contribution in [1.82, 2.24) is 9.55 Å². The standard InChI is InChI=1S/C14H22N2O3S/c1-5-6-7-11(13(18)19-4)20-14-15-12(17)8-9-16(14)10(2)3/h8-11H,5-7H2,1-4H3. The minimum atomic E-state index is -0.320. The number of carbonyl (C=O) groups is 1. The van der Waals surface area contributed by atoms with Gasteiger partial charge in [-0.15, -0.1) is 0 Å². The molecule has 1 heterocycles. The summed E-state index contributed by atoms with van der Waals surface area (Å²) in [6.45, 7) is 6.09. The van der Waals surface area contributed by atoms with Crippen molar-refractivity contribution in [2.75, 3.05) is 7.11 Å². The fraction of sp³-hybridized carbons (Fsp3) is 0.643. The molecule has 112 valence electrons. The molecule has 0 saturated heterocycles. The first-order valence-corrected chi connectivity index (χ1v) is 7.71. The van der Waals surface area contributed by atoms with Crippen molar-refractivity contribution in [3.05, 3.63) is 22.6 Å². The summed E-state index contributed by atoms with van der Waals surface area (Å²) in [6.07, 6.45) is 4.38. The molecule has 0 spiro atoms. The zero-order valence-electron chi connectivity index (χ0n) is 12.5. The number of unbranched alkanes of at least 4 members (excludes halogenated alkanes) is 1. The van der Waals surface area contributed by atoms with E-state index in [1.807, 2.05) is 18.4 Å². The van der Waals surface area contributed by atoms with E-state index in [2.05, 4.69) is 11.9 Å². The fourth-order valence-electron chi connectivity index (χ4n) is 1.75. The molecule has 6 heteroatoms. The SMILES string of the molecule is CCCCC(Sc1nc(=O)ccn1C(C)C)C(=O)OC. The summed E-state index contributed by atoms with van der Waals surface area (Å²) in [5.41, 5.74) is -0.288. The predicted molar refractivity (Wildman–Crippen MR) is 80.1 cm³/mol. The maximum atomic E-state index is 11.8. The van der Waals surface area contributed by atoms with Crippen molar-refractivity contribution < 1.29 is 9.53 Å². The lowest BCUT2D eigenvalue weighted by atomic mass is 10.2. The Hall–Kier alpha value is -1.30. The molecule has 1 atom stereocenters. The van der Waals surface area contributed by atoms with E-state index in [0.29, 0.717) is 5.16 Å². The number of methoxy groups -OCH3 is 1. The van der Waals surface area contributed by atoms with Crippen LogP contribution in [0.15, 0.2) is 22.2 Å². The molecule has 0 amide bonds. The van der Waals surface area contributed by atoms with Crippen LogP contribution < -0.4 is 5.56 Å². The first kappa shape index (κ1) is 16.8. The summed E-state index contributed by atoms with van der Waals surface area (Å²) >= 11 is 1.31. The van der Waals surface area contributed by atoms with Crippen molar-refractivity contribution >= 4 is 17.7 Å². The molecule has 0 aliphatic rings. The van der Waals surface area contributed by atoms with Gasteiger partial charge in [0.25, 0.3) is 5.56 Å². The van der Waals surface area contributed by atoms with Crippen molar-refractivity contribution in [2.45, 2.75) is 56.5 Å². The first-order chi connectivity index (χ1) is 9.49. The van der Waals surface area contributed by atoms with E-state index in [1.165, 1.54) is 24.9 Å². The summed E-state index contributed by atoms with van der Waals surface area (Å²) < 4.78 is 6.73. The zero-order chi connectivity index (χ0) is 15.1. The number of hydrogen-bond acceptors (Lipinski definition) is 5. The van der Waals surface area contributed by atoms with Gasteiger partial charge in [-0.2, -0.15) is 4.98 Å².